The van der Waals surface area contributed by atoms with Crippen molar-refractivity contribution in [2.75, 3.05) is 39.3 Å². The number of carbonyl (C=O) groups excluding carboxylic acids is 1. The molecule has 2 aromatic heterocycles. The summed E-state index contributed by atoms with van der Waals surface area (Å²) in [6.07, 6.45) is 2.20. The van der Waals surface area contributed by atoms with Crippen molar-refractivity contribution in [3.8, 4) is 17.2 Å². The average molecular weight is 446 g/mol. The second-order valence-electron chi connectivity index (χ2n) is 6.97. The number of nitrogens with zero attached hydrogens (tertiary/aromatic N) is 4. The summed E-state index contributed by atoms with van der Waals surface area (Å²) in [5, 5.41) is 8.12. The number of hydrogen-bond donors (Lipinski definition) is 1. The summed E-state index contributed by atoms with van der Waals surface area (Å²) in [6, 6.07) is 4.71. The third kappa shape index (κ3) is 4.13. The number of fused-ring (bicyclic) bond motifs is 1. The lowest BCUT2D eigenvalue weighted by Gasteiger charge is -2.14. The van der Waals surface area contributed by atoms with E-state index in [0.717, 1.165) is 36.6 Å². The minimum Gasteiger partial charge on any atom is -0.493 e. The number of ether oxygens (including phenoxy) is 3. The molecule has 3 aromatic rings. The molecule has 0 unspecified atom stereocenters. The van der Waals surface area contributed by atoms with Gasteiger partial charge in [-0.3, -0.25) is 9.59 Å². The highest BCUT2D eigenvalue weighted by Crippen LogP contribution is 2.38. The van der Waals surface area contributed by atoms with Crippen molar-refractivity contribution in [1.82, 2.24) is 19.9 Å². The molecule has 164 valence electrons. The molecule has 3 heterocycles. The first kappa shape index (κ1) is 20.9. The highest BCUT2D eigenvalue weighted by Gasteiger charge is 2.21. The maximum Gasteiger partial charge on any atom is 0.274 e. The normalized spacial score (nSPS) is 13.5. The smallest absolute Gasteiger partial charge is 0.274 e. The molecule has 10 nitrogen and oxygen atoms in total. The van der Waals surface area contributed by atoms with Crippen LogP contribution in [0.3, 0.4) is 0 Å². The van der Waals surface area contributed by atoms with Gasteiger partial charge in [0, 0.05) is 25.7 Å². The molecule has 1 aliphatic heterocycles. The van der Waals surface area contributed by atoms with E-state index < -0.39 is 11.5 Å². The lowest BCUT2D eigenvalue weighted by atomic mass is 10.1. The number of benzene rings is 1. The summed E-state index contributed by atoms with van der Waals surface area (Å²) in [5.74, 6) is 1.02. The van der Waals surface area contributed by atoms with Gasteiger partial charge in [-0.2, -0.15) is 9.50 Å². The van der Waals surface area contributed by atoms with Crippen LogP contribution in [0.15, 0.2) is 23.0 Å². The zero-order valence-electron chi connectivity index (χ0n) is 17.5. The van der Waals surface area contributed by atoms with E-state index in [9.17, 15) is 9.59 Å². The van der Waals surface area contributed by atoms with E-state index in [1.54, 1.807) is 12.1 Å². The van der Waals surface area contributed by atoms with Crippen LogP contribution in [0.2, 0.25) is 0 Å². The Kier molecular flexibility index (Phi) is 5.94. The molecule has 11 heteroatoms. The van der Waals surface area contributed by atoms with Gasteiger partial charge in [-0.25, -0.2) is 0 Å². The number of nitrogens with one attached hydrogen (secondary N) is 1. The quantitative estimate of drug-likeness (QED) is 0.586. The second-order valence-corrected chi connectivity index (χ2v) is 7.90. The van der Waals surface area contributed by atoms with Gasteiger partial charge in [0.1, 0.15) is 5.69 Å². The first-order chi connectivity index (χ1) is 15.0. The number of anilines is 1. The van der Waals surface area contributed by atoms with Gasteiger partial charge in [-0.1, -0.05) is 11.3 Å². The van der Waals surface area contributed by atoms with E-state index >= 15 is 0 Å². The molecule has 1 aliphatic rings. The molecular formula is C20H23N5O5S. The number of aromatic nitrogens is 3. The summed E-state index contributed by atoms with van der Waals surface area (Å²) in [6.45, 7) is 2.01. The Balaban J connectivity index is 1.59. The van der Waals surface area contributed by atoms with E-state index in [4.69, 9.17) is 14.2 Å². The Morgan fingerprint density at radius 1 is 1.10 bits per heavy atom. The van der Waals surface area contributed by atoms with E-state index in [0.29, 0.717) is 22.2 Å². The fraction of sp³-hybridized carbons (Fsp3) is 0.400. The van der Waals surface area contributed by atoms with Crippen molar-refractivity contribution in [2.45, 2.75) is 19.4 Å². The lowest BCUT2D eigenvalue weighted by Crippen LogP contribution is -2.27. The highest BCUT2D eigenvalue weighted by molar-refractivity contribution is 7.20. The third-order valence-electron chi connectivity index (χ3n) is 5.03. The maximum atomic E-state index is 12.9. The fourth-order valence-corrected chi connectivity index (χ4v) is 4.47. The van der Waals surface area contributed by atoms with Crippen LogP contribution in [0, 0.1) is 0 Å². The Morgan fingerprint density at radius 2 is 1.77 bits per heavy atom. The first-order valence-electron chi connectivity index (χ1n) is 9.77. The topological polar surface area (TPSA) is 107 Å². The van der Waals surface area contributed by atoms with E-state index in [1.807, 2.05) is 0 Å². The molecule has 1 saturated heterocycles. The number of amides is 1. The van der Waals surface area contributed by atoms with E-state index in [2.05, 4.69) is 20.3 Å². The Labute approximate surface area is 182 Å². The van der Waals surface area contributed by atoms with E-state index in [1.165, 1.54) is 43.2 Å². The van der Waals surface area contributed by atoms with Gasteiger partial charge in [-0.05, 0) is 30.5 Å². The van der Waals surface area contributed by atoms with Crippen molar-refractivity contribution in [1.29, 1.82) is 0 Å². The predicted molar refractivity (Wildman–Crippen MR) is 116 cm³/mol. The molecule has 4 rings (SSSR count). The molecule has 0 bridgehead atoms. The minimum atomic E-state index is -0.477. The molecule has 0 spiro atoms. The van der Waals surface area contributed by atoms with Crippen molar-refractivity contribution in [3.05, 3.63) is 39.8 Å². The monoisotopic (exact) mass is 445 g/mol. The largest absolute Gasteiger partial charge is 0.493 e. The molecule has 1 amide bonds. The zero-order chi connectivity index (χ0) is 22.0. The number of methoxy groups -OCH3 is 3. The lowest BCUT2D eigenvalue weighted by molar-refractivity contribution is 0.0943. The van der Waals surface area contributed by atoms with Crippen molar-refractivity contribution in [2.24, 2.45) is 0 Å². The van der Waals surface area contributed by atoms with Crippen LogP contribution in [-0.4, -0.2) is 54.9 Å². The van der Waals surface area contributed by atoms with E-state index in [-0.39, 0.29) is 12.2 Å². The van der Waals surface area contributed by atoms with Crippen LogP contribution < -0.4 is 30.0 Å². The number of hydrogen-bond acceptors (Lipinski definition) is 9. The maximum absolute atomic E-state index is 12.9. The van der Waals surface area contributed by atoms with Gasteiger partial charge >= 0.3 is 0 Å². The van der Waals surface area contributed by atoms with Gasteiger partial charge < -0.3 is 24.4 Å². The highest BCUT2D eigenvalue weighted by atomic mass is 32.1. The van der Waals surface area contributed by atoms with Crippen LogP contribution in [0.5, 0.6) is 17.2 Å². The summed E-state index contributed by atoms with van der Waals surface area (Å²) >= 11 is 1.31. The number of rotatable bonds is 7. The van der Waals surface area contributed by atoms with Gasteiger partial charge in [-0.15, -0.1) is 5.10 Å². The molecule has 0 radical (unpaired) electrons. The minimum absolute atomic E-state index is 0.143. The predicted octanol–water partition coefficient (Wildman–Crippen LogP) is 1.71. The molecule has 0 atom stereocenters. The van der Waals surface area contributed by atoms with Crippen molar-refractivity contribution >= 4 is 27.3 Å². The van der Waals surface area contributed by atoms with Crippen LogP contribution >= 0.6 is 11.3 Å². The van der Waals surface area contributed by atoms with Crippen molar-refractivity contribution in [3.63, 3.8) is 0 Å². The van der Waals surface area contributed by atoms with Crippen LogP contribution in [0.1, 0.15) is 28.9 Å². The van der Waals surface area contributed by atoms with Crippen molar-refractivity contribution < 1.29 is 19.0 Å². The Morgan fingerprint density at radius 3 is 2.39 bits per heavy atom. The van der Waals surface area contributed by atoms with Gasteiger partial charge in [0.05, 0.1) is 21.3 Å². The molecular weight excluding hydrogens is 422 g/mol. The summed E-state index contributed by atoms with van der Waals surface area (Å²) in [4.78, 5) is 31.5. The molecule has 0 aliphatic carbocycles. The summed E-state index contributed by atoms with van der Waals surface area (Å²) in [5.41, 5.74) is 0.412. The van der Waals surface area contributed by atoms with Gasteiger partial charge in [0.25, 0.3) is 11.5 Å². The Hall–Kier alpha value is -3.34. The summed E-state index contributed by atoms with van der Waals surface area (Å²) in [7, 11) is 4.58. The van der Waals surface area contributed by atoms with Gasteiger partial charge in [0.15, 0.2) is 11.5 Å². The molecule has 1 N–H and O–H groups in total. The first-order valence-corrected chi connectivity index (χ1v) is 10.6. The summed E-state index contributed by atoms with van der Waals surface area (Å²) < 4.78 is 17.5. The Bertz CT molecular complexity index is 1140. The zero-order valence-corrected chi connectivity index (χ0v) is 18.3. The molecule has 1 aromatic carbocycles. The van der Waals surface area contributed by atoms with Crippen LogP contribution in [-0.2, 0) is 6.54 Å². The van der Waals surface area contributed by atoms with Crippen LogP contribution in [0.25, 0.3) is 4.96 Å². The molecule has 1 fully saturated rings. The number of carbonyl (C=O) groups is 1. The molecule has 31 heavy (non-hydrogen) atoms. The van der Waals surface area contributed by atoms with Gasteiger partial charge in [0.2, 0.25) is 15.8 Å². The molecule has 0 saturated carbocycles. The SMILES string of the molecule is COc1cc(CNC(=O)c2cc(=O)nc3sc(N4CCCC4)nn23)cc(OC)c1OC. The second kappa shape index (κ2) is 8.80. The fourth-order valence-electron chi connectivity index (χ4n) is 3.51. The third-order valence-corrected chi connectivity index (χ3v) is 6.00. The van der Waals surface area contributed by atoms with Crippen LogP contribution in [0.4, 0.5) is 5.13 Å². The average Bonchev–Trinajstić information content (AvgIpc) is 3.45. The standard InChI is InChI=1S/C20H23N5O5S/c1-28-14-8-12(9-15(29-2)17(14)30-3)11-21-18(27)13-10-16(26)22-19-25(13)23-20(31-19)24-6-4-5-7-24/h8-10H,4-7,11H2,1-3H3,(H,21,27).